The number of hydrogen-bond donors (Lipinski definition) is 1. The summed E-state index contributed by atoms with van der Waals surface area (Å²) in [5.74, 6) is -0.720. The summed E-state index contributed by atoms with van der Waals surface area (Å²) in [7, 11) is 1.67. The standard InChI is InChI=1S/C16H14N4O.C16H26N2O7/c1-21-11-12-7-9-14(10-8-12)16-19-17-15(18-20-16)13-5-3-2-4-6-13;1-15(2,24-10-16(3,4)23-8-7-17-11-19)9-14(22)25-18-12(20)5-6-13(18)21/h2-10H,11H2,1H3;11H,5-10H2,1-4H3,(H,17,19). The lowest BCUT2D eigenvalue weighted by atomic mass is 10.0. The Morgan fingerprint density at radius 2 is 1.41 bits per heavy atom. The highest BCUT2D eigenvalue weighted by atomic mass is 16.7. The average Bonchev–Trinajstić information content (AvgIpc) is 3.35. The third-order valence-electron chi connectivity index (χ3n) is 6.44. The molecule has 2 heterocycles. The minimum absolute atomic E-state index is 0.0521. The lowest BCUT2D eigenvalue weighted by Gasteiger charge is -2.31. The van der Waals surface area contributed by atoms with E-state index in [0.717, 1.165) is 16.7 Å². The number of benzene rings is 2. The molecule has 14 nitrogen and oxygen atoms in total. The van der Waals surface area contributed by atoms with E-state index in [0.29, 0.717) is 42.9 Å². The predicted octanol–water partition coefficient (Wildman–Crippen LogP) is 3.07. The van der Waals surface area contributed by atoms with Gasteiger partial charge in [0, 0.05) is 37.6 Å². The van der Waals surface area contributed by atoms with Crippen molar-refractivity contribution in [2.45, 2.75) is 64.8 Å². The number of carbonyl (C=O) groups excluding carboxylic acids is 4. The normalized spacial score (nSPS) is 13.2. The Balaban J connectivity index is 0.000000253. The van der Waals surface area contributed by atoms with E-state index in [1.807, 2.05) is 68.4 Å². The van der Waals surface area contributed by atoms with Gasteiger partial charge < -0.3 is 24.4 Å². The minimum atomic E-state index is -0.870. The van der Waals surface area contributed by atoms with Gasteiger partial charge >= 0.3 is 5.97 Å². The van der Waals surface area contributed by atoms with Gasteiger partial charge in [-0.3, -0.25) is 14.4 Å². The van der Waals surface area contributed by atoms with Crippen LogP contribution in [0.3, 0.4) is 0 Å². The number of nitrogens with one attached hydrogen (secondary N) is 1. The van der Waals surface area contributed by atoms with E-state index in [1.165, 1.54) is 0 Å². The van der Waals surface area contributed by atoms with Crippen LogP contribution < -0.4 is 5.32 Å². The maximum atomic E-state index is 12.0. The molecule has 3 amide bonds. The third-order valence-corrected chi connectivity index (χ3v) is 6.44. The maximum absolute atomic E-state index is 12.0. The molecule has 0 unspecified atom stereocenters. The van der Waals surface area contributed by atoms with Gasteiger partial charge in [-0.05, 0) is 33.3 Å². The Morgan fingerprint density at radius 1 is 0.848 bits per heavy atom. The van der Waals surface area contributed by atoms with Gasteiger partial charge in [0.15, 0.2) is 0 Å². The number of nitrogens with zero attached hydrogens (tertiary/aromatic N) is 5. The first-order chi connectivity index (χ1) is 21.9. The second-order valence-corrected chi connectivity index (χ2v) is 11.5. The van der Waals surface area contributed by atoms with Gasteiger partial charge in [0.2, 0.25) is 18.1 Å². The summed E-state index contributed by atoms with van der Waals surface area (Å²) >= 11 is 0. The number of carbonyl (C=O) groups is 4. The first-order valence-corrected chi connectivity index (χ1v) is 14.7. The summed E-state index contributed by atoms with van der Waals surface area (Å²) < 4.78 is 16.4. The molecule has 14 heteroatoms. The van der Waals surface area contributed by atoms with Crippen LogP contribution in [-0.2, 0) is 44.8 Å². The minimum Gasteiger partial charge on any atom is -0.380 e. The monoisotopic (exact) mass is 636 g/mol. The molecule has 1 aliphatic heterocycles. The molecule has 46 heavy (non-hydrogen) atoms. The van der Waals surface area contributed by atoms with Crippen LogP contribution in [-0.4, -0.2) is 87.7 Å². The molecule has 4 rings (SSSR count). The summed E-state index contributed by atoms with van der Waals surface area (Å²) in [4.78, 5) is 49.9. The van der Waals surface area contributed by atoms with Crippen molar-refractivity contribution in [3.8, 4) is 22.8 Å². The third kappa shape index (κ3) is 11.7. The van der Waals surface area contributed by atoms with Gasteiger partial charge in [-0.1, -0.05) is 54.6 Å². The zero-order valence-electron chi connectivity index (χ0n) is 26.7. The molecule has 1 aromatic heterocycles. The molecule has 0 spiro atoms. The van der Waals surface area contributed by atoms with Gasteiger partial charge in [-0.15, -0.1) is 25.5 Å². The van der Waals surface area contributed by atoms with Crippen LogP contribution in [0.15, 0.2) is 54.6 Å². The Hall–Kier alpha value is -4.66. The van der Waals surface area contributed by atoms with Crippen molar-refractivity contribution in [3.63, 3.8) is 0 Å². The van der Waals surface area contributed by atoms with Gasteiger partial charge in [-0.25, -0.2) is 4.79 Å². The van der Waals surface area contributed by atoms with E-state index in [4.69, 9.17) is 19.0 Å². The molecule has 1 N–H and O–H groups in total. The highest BCUT2D eigenvalue weighted by molar-refractivity contribution is 6.01. The van der Waals surface area contributed by atoms with E-state index >= 15 is 0 Å². The molecule has 0 saturated carbocycles. The summed E-state index contributed by atoms with van der Waals surface area (Å²) in [5.41, 5.74) is 1.40. The molecule has 1 saturated heterocycles. The Morgan fingerprint density at radius 3 is 1.96 bits per heavy atom. The second-order valence-electron chi connectivity index (χ2n) is 11.5. The lowest BCUT2D eigenvalue weighted by Crippen LogP contribution is -2.40. The fourth-order valence-electron chi connectivity index (χ4n) is 4.01. The van der Waals surface area contributed by atoms with Crippen molar-refractivity contribution in [1.29, 1.82) is 0 Å². The molecule has 1 aliphatic rings. The quantitative estimate of drug-likeness (QED) is 0.147. The highest BCUT2D eigenvalue weighted by Gasteiger charge is 2.35. The van der Waals surface area contributed by atoms with Crippen molar-refractivity contribution in [2.24, 2.45) is 0 Å². The number of ether oxygens (including phenoxy) is 3. The zero-order valence-corrected chi connectivity index (χ0v) is 26.7. The number of methoxy groups -OCH3 is 1. The molecule has 0 aliphatic carbocycles. The van der Waals surface area contributed by atoms with Gasteiger partial charge in [0.1, 0.15) is 0 Å². The largest absolute Gasteiger partial charge is 0.380 e. The number of hydrogen-bond acceptors (Lipinski definition) is 12. The Bertz CT molecular complexity index is 1420. The smallest absolute Gasteiger partial charge is 0.336 e. The predicted molar refractivity (Wildman–Crippen MR) is 165 cm³/mol. The molecule has 0 bridgehead atoms. The van der Waals surface area contributed by atoms with Crippen LogP contribution in [0.2, 0.25) is 0 Å². The fourth-order valence-corrected chi connectivity index (χ4v) is 4.01. The zero-order chi connectivity index (χ0) is 33.6. The first-order valence-electron chi connectivity index (χ1n) is 14.7. The van der Waals surface area contributed by atoms with Gasteiger partial charge in [0.25, 0.3) is 11.8 Å². The summed E-state index contributed by atoms with van der Waals surface area (Å²) in [6.07, 6.45) is 0.567. The molecular weight excluding hydrogens is 596 g/mol. The van der Waals surface area contributed by atoms with Crippen LogP contribution in [0.5, 0.6) is 0 Å². The Labute approximate surface area is 267 Å². The molecule has 0 atom stereocenters. The molecular formula is C32H40N6O8. The van der Waals surface area contributed by atoms with E-state index in [2.05, 4.69) is 25.7 Å². The molecule has 1 fully saturated rings. The van der Waals surface area contributed by atoms with Crippen LogP contribution in [0.1, 0.15) is 52.5 Å². The molecule has 0 radical (unpaired) electrons. The Kier molecular flexibility index (Phi) is 13.4. The second kappa shape index (κ2) is 17.1. The van der Waals surface area contributed by atoms with Crippen molar-refractivity contribution in [1.82, 2.24) is 30.8 Å². The van der Waals surface area contributed by atoms with Crippen LogP contribution in [0, 0.1) is 0 Å². The van der Waals surface area contributed by atoms with E-state index in [1.54, 1.807) is 21.0 Å². The SMILES string of the molecule is CC(C)(COC(C)(C)CC(=O)ON1C(=O)CCC1=O)OCCNC=O.COCc1ccc(-c2nnc(-c3ccccc3)nn2)cc1. The lowest BCUT2D eigenvalue weighted by molar-refractivity contribution is -0.202. The molecule has 2 aromatic carbocycles. The van der Waals surface area contributed by atoms with Crippen molar-refractivity contribution in [2.75, 3.05) is 26.9 Å². The summed E-state index contributed by atoms with van der Waals surface area (Å²) in [5, 5.41) is 19.6. The summed E-state index contributed by atoms with van der Waals surface area (Å²) in [6.45, 7) is 8.56. The van der Waals surface area contributed by atoms with Crippen molar-refractivity contribution in [3.05, 3.63) is 60.2 Å². The van der Waals surface area contributed by atoms with E-state index in [9.17, 15) is 19.2 Å². The van der Waals surface area contributed by atoms with Crippen LogP contribution in [0.25, 0.3) is 22.8 Å². The number of imide groups is 1. The number of aromatic nitrogens is 4. The van der Waals surface area contributed by atoms with Gasteiger partial charge in [0.05, 0.1) is 37.4 Å². The average molecular weight is 637 g/mol. The maximum Gasteiger partial charge on any atom is 0.336 e. The van der Waals surface area contributed by atoms with Gasteiger partial charge in [-0.2, -0.15) is 0 Å². The highest BCUT2D eigenvalue weighted by Crippen LogP contribution is 2.21. The van der Waals surface area contributed by atoms with Crippen LogP contribution >= 0.6 is 0 Å². The first kappa shape index (κ1) is 35.8. The van der Waals surface area contributed by atoms with E-state index in [-0.39, 0.29) is 25.9 Å². The molecule has 246 valence electrons. The number of rotatable bonds is 15. The topological polar surface area (TPSA) is 172 Å². The van der Waals surface area contributed by atoms with E-state index < -0.39 is 29.0 Å². The number of amides is 3. The van der Waals surface area contributed by atoms with Crippen molar-refractivity contribution < 1.29 is 38.2 Å². The summed E-state index contributed by atoms with van der Waals surface area (Å²) in [6, 6.07) is 17.5. The molecule has 3 aromatic rings. The fraction of sp³-hybridized carbons (Fsp3) is 0.438. The van der Waals surface area contributed by atoms with Crippen LogP contribution in [0.4, 0.5) is 0 Å². The van der Waals surface area contributed by atoms with Crippen molar-refractivity contribution >= 4 is 24.2 Å². The number of hydroxylamine groups is 2.